The molecule has 0 saturated heterocycles. The van der Waals surface area contributed by atoms with Gasteiger partial charge in [0.15, 0.2) is 11.5 Å². The number of fused-ring (bicyclic) bond motifs is 1. The van der Waals surface area contributed by atoms with Gasteiger partial charge in [-0.15, -0.1) is 0 Å². The van der Waals surface area contributed by atoms with E-state index in [1.807, 2.05) is 45.9 Å². The Balaban J connectivity index is 1.74. The average molecular weight is 322 g/mol. The standard InChI is InChI=1S/C17H26N2O4/c1-12(10-19-16(20)23-17(2,3)4)18-11-13-5-6-14-15(9-13)22-8-7-21-14/h5-6,9,12,18H,7-8,10-11H2,1-4H3,(H,19,20). The Morgan fingerprint density at radius 2 is 1.96 bits per heavy atom. The normalized spacial score (nSPS) is 15.0. The molecular weight excluding hydrogens is 296 g/mol. The van der Waals surface area contributed by atoms with Crippen LogP contribution in [0.5, 0.6) is 11.5 Å². The summed E-state index contributed by atoms with van der Waals surface area (Å²) in [5.74, 6) is 1.58. The van der Waals surface area contributed by atoms with Gasteiger partial charge in [-0.1, -0.05) is 6.07 Å². The van der Waals surface area contributed by atoms with Crippen LogP contribution in [0.2, 0.25) is 0 Å². The van der Waals surface area contributed by atoms with Crippen molar-refractivity contribution in [3.8, 4) is 11.5 Å². The molecule has 1 aliphatic rings. The van der Waals surface area contributed by atoms with E-state index in [0.717, 1.165) is 17.1 Å². The predicted octanol–water partition coefficient (Wildman–Crippen LogP) is 2.46. The number of hydrogen-bond donors (Lipinski definition) is 2. The first-order valence-electron chi connectivity index (χ1n) is 7.92. The summed E-state index contributed by atoms with van der Waals surface area (Å²) in [6.07, 6.45) is -0.398. The van der Waals surface area contributed by atoms with E-state index in [2.05, 4.69) is 10.6 Å². The fraction of sp³-hybridized carbons (Fsp3) is 0.588. The number of hydrogen-bond acceptors (Lipinski definition) is 5. The van der Waals surface area contributed by atoms with E-state index in [1.54, 1.807) is 0 Å². The van der Waals surface area contributed by atoms with E-state index in [9.17, 15) is 4.79 Å². The molecule has 1 atom stereocenters. The van der Waals surface area contributed by atoms with Crippen molar-refractivity contribution >= 4 is 6.09 Å². The van der Waals surface area contributed by atoms with Gasteiger partial charge < -0.3 is 24.8 Å². The van der Waals surface area contributed by atoms with E-state index in [1.165, 1.54) is 0 Å². The maximum atomic E-state index is 11.6. The van der Waals surface area contributed by atoms with E-state index in [4.69, 9.17) is 14.2 Å². The summed E-state index contributed by atoms with van der Waals surface area (Å²) >= 11 is 0. The number of benzene rings is 1. The second kappa shape index (κ2) is 7.55. The van der Waals surface area contributed by atoms with Crippen LogP contribution in [0, 0.1) is 0 Å². The number of carbonyl (C=O) groups is 1. The fourth-order valence-corrected chi connectivity index (χ4v) is 2.11. The molecule has 0 aromatic heterocycles. The number of rotatable bonds is 5. The SMILES string of the molecule is CC(CNC(=O)OC(C)(C)C)NCc1ccc2c(c1)OCCO2. The molecule has 1 aromatic carbocycles. The summed E-state index contributed by atoms with van der Waals surface area (Å²) in [5.41, 5.74) is 0.629. The lowest BCUT2D eigenvalue weighted by Gasteiger charge is -2.21. The number of carbonyl (C=O) groups excluding carboxylic acids is 1. The van der Waals surface area contributed by atoms with Gasteiger partial charge in [-0.2, -0.15) is 0 Å². The highest BCUT2D eigenvalue weighted by molar-refractivity contribution is 5.67. The Bertz CT molecular complexity index is 540. The zero-order valence-electron chi connectivity index (χ0n) is 14.3. The molecule has 1 unspecified atom stereocenters. The highest BCUT2D eigenvalue weighted by Gasteiger charge is 2.16. The second-order valence-electron chi connectivity index (χ2n) is 6.64. The largest absolute Gasteiger partial charge is 0.486 e. The molecule has 23 heavy (non-hydrogen) atoms. The maximum absolute atomic E-state index is 11.6. The molecule has 1 heterocycles. The third-order valence-electron chi connectivity index (χ3n) is 3.21. The van der Waals surface area contributed by atoms with Crippen LogP contribution in [0.1, 0.15) is 33.3 Å². The van der Waals surface area contributed by atoms with Gasteiger partial charge >= 0.3 is 6.09 Å². The van der Waals surface area contributed by atoms with Crippen LogP contribution in [0.4, 0.5) is 4.79 Å². The van der Waals surface area contributed by atoms with Crippen LogP contribution in [0.3, 0.4) is 0 Å². The lowest BCUT2D eigenvalue weighted by molar-refractivity contribution is 0.0523. The molecule has 2 rings (SSSR count). The molecule has 0 spiro atoms. The quantitative estimate of drug-likeness (QED) is 0.871. The van der Waals surface area contributed by atoms with Crippen molar-refractivity contribution in [2.75, 3.05) is 19.8 Å². The number of ether oxygens (including phenoxy) is 3. The molecule has 6 nitrogen and oxygen atoms in total. The monoisotopic (exact) mass is 322 g/mol. The minimum atomic E-state index is -0.480. The molecule has 2 N–H and O–H groups in total. The van der Waals surface area contributed by atoms with Crippen LogP contribution in [0.15, 0.2) is 18.2 Å². The minimum absolute atomic E-state index is 0.121. The van der Waals surface area contributed by atoms with Gasteiger partial charge in [0.2, 0.25) is 0 Å². The second-order valence-corrected chi connectivity index (χ2v) is 6.64. The first kappa shape index (κ1) is 17.4. The Labute approximate surface area is 137 Å². The topological polar surface area (TPSA) is 68.8 Å². The Kier molecular flexibility index (Phi) is 5.71. The molecule has 0 fully saturated rings. The highest BCUT2D eigenvalue weighted by atomic mass is 16.6. The van der Waals surface area contributed by atoms with Gasteiger partial charge in [0.1, 0.15) is 18.8 Å². The van der Waals surface area contributed by atoms with Gasteiger partial charge in [-0.25, -0.2) is 4.79 Å². The summed E-state index contributed by atoms with van der Waals surface area (Å²) in [7, 11) is 0. The lowest BCUT2D eigenvalue weighted by Crippen LogP contribution is -2.41. The Hall–Kier alpha value is -1.95. The summed E-state index contributed by atoms with van der Waals surface area (Å²) in [5, 5.41) is 6.11. The fourth-order valence-electron chi connectivity index (χ4n) is 2.11. The smallest absolute Gasteiger partial charge is 0.407 e. The molecule has 0 radical (unpaired) electrons. The molecular formula is C17H26N2O4. The van der Waals surface area contributed by atoms with Crippen LogP contribution >= 0.6 is 0 Å². The highest BCUT2D eigenvalue weighted by Crippen LogP contribution is 2.30. The molecule has 6 heteroatoms. The van der Waals surface area contributed by atoms with Crippen LogP contribution in [-0.4, -0.2) is 37.5 Å². The zero-order chi connectivity index (χ0) is 16.9. The van der Waals surface area contributed by atoms with Crippen LogP contribution in [0.25, 0.3) is 0 Å². The molecule has 1 aromatic rings. The van der Waals surface area contributed by atoms with Gasteiger partial charge in [-0.3, -0.25) is 0 Å². The summed E-state index contributed by atoms with van der Waals surface area (Å²) < 4.78 is 16.3. The van der Waals surface area contributed by atoms with Crippen molar-refractivity contribution in [2.45, 2.75) is 45.9 Å². The van der Waals surface area contributed by atoms with E-state index >= 15 is 0 Å². The van der Waals surface area contributed by atoms with Gasteiger partial charge in [0, 0.05) is 19.1 Å². The van der Waals surface area contributed by atoms with Crippen molar-refractivity contribution in [1.29, 1.82) is 0 Å². The molecule has 1 amide bonds. The minimum Gasteiger partial charge on any atom is -0.486 e. The molecule has 1 aliphatic heterocycles. The van der Waals surface area contributed by atoms with Gasteiger partial charge in [0.25, 0.3) is 0 Å². The average Bonchev–Trinajstić information content (AvgIpc) is 2.49. The van der Waals surface area contributed by atoms with Crippen molar-refractivity contribution in [3.63, 3.8) is 0 Å². The lowest BCUT2D eigenvalue weighted by atomic mass is 10.2. The third kappa shape index (κ3) is 5.98. The molecule has 0 bridgehead atoms. The van der Waals surface area contributed by atoms with Crippen molar-refractivity contribution < 1.29 is 19.0 Å². The van der Waals surface area contributed by atoms with Gasteiger partial charge in [-0.05, 0) is 45.4 Å². The van der Waals surface area contributed by atoms with E-state index in [0.29, 0.717) is 26.3 Å². The predicted molar refractivity (Wildman–Crippen MR) is 88.0 cm³/mol. The molecule has 128 valence electrons. The van der Waals surface area contributed by atoms with Crippen molar-refractivity contribution in [2.24, 2.45) is 0 Å². The summed E-state index contributed by atoms with van der Waals surface area (Å²) in [4.78, 5) is 11.6. The van der Waals surface area contributed by atoms with Crippen molar-refractivity contribution in [3.05, 3.63) is 23.8 Å². The third-order valence-corrected chi connectivity index (χ3v) is 3.21. The van der Waals surface area contributed by atoms with E-state index in [-0.39, 0.29) is 6.04 Å². The van der Waals surface area contributed by atoms with Crippen molar-refractivity contribution in [1.82, 2.24) is 10.6 Å². The number of alkyl carbamates (subject to hydrolysis) is 1. The first-order chi connectivity index (χ1) is 10.8. The summed E-state index contributed by atoms with van der Waals surface area (Å²) in [6.45, 7) is 9.91. The van der Waals surface area contributed by atoms with Crippen LogP contribution in [-0.2, 0) is 11.3 Å². The van der Waals surface area contributed by atoms with E-state index < -0.39 is 11.7 Å². The summed E-state index contributed by atoms with van der Waals surface area (Å²) in [6, 6.07) is 6.04. The Morgan fingerprint density at radius 3 is 2.65 bits per heavy atom. The molecule has 0 saturated carbocycles. The zero-order valence-corrected chi connectivity index (χ0v) is 14.3. The number of amides is 1. The van der Waals surface area contributed by atoms with Crippen LogP contribution < -0.4 is 20.1 Å². The first-order valence-corrected chi connectivity index (χ1v) is 7.92. The maximum Gasteiger partial charge on any atom is 0.407 e. The van der Waals surface area contributed by atoms with Gasteiger partial charge in [0.05, 0.1) is 0 Å². The number of nitrogens with one attached hydrogen (secondary N) is 2. The Morgan fingerprint density at radius 1 is 1.26 bits per heavy atom. The molecule has 0 aliphatic carbocycles.